The highest BCUT2D eigenvalue weighted by Gasteiger charge is 2.01. The standard InChI is InChI=1S/C9H14N2O/c1-6(2)8(10)5-7-3-4-12-9(7)11/h3-6H,10-11H2,1-2H3/b8-5-. The molecule has 0 aliphatic heterocycles. The predicted octanol–water partition coefficient (Wildman–Crippen LogP) is 1.82. The summed E-state index contributed by atoms with van der Waals surface area (Å²) >= 11 is 0. The molecule has 3 nitrogen and oxygen atoms in total. The van der Waals surface area contributed by atoms with E-state index in [1.54, 1.807) is 12.3 Å². The van der Waals surface area contributed by atoms with E-state index in [-0.39, 0.29) is 0 Å². The monoisotopic (exact) mass is 166 g/mol. The number of nitrogens with two attached hydrogens (primary N) is 2. The lowest BCUT2D eigenvalue weighted by molar-refractivity contribution is 0.587. The minimum Gasteiger partial charge on any atom is -0.449 e. The summed E-state index contributed by atoms with van der Waals surface area (Å²) < 4.78 is 4.92. The number of hydrogen-bond donors (Lipinski definition) is 2. The Hall–Kier alpha value is -1.38. The van der Waals surface area contributed by atoms with Crippen molar-refractivity contribution in [1.82, 2.24) is 0 Å². The van der Waals surface area contributed by atoms with Gasteiger partial charge in [0, 0.05) is 11.3 Å². The summed E-state index contributed by atoms with van der Waals surface area (Å²) in [5.74, 6) is 0.748. The van der Waals surface area contributed by atoms with Crippen LogP contribution in [0.2, 0.25) is 0 Å². The van der Waals surface area contributed by atoms with Gasteiger partial charge in [-0.1, -0.05) is 13.8 Å². The maximum absolute atomic E-state index is 5.74. The van der Waals surface area contributed by atoms with Crippen LogP contribution in [0.15, 0.2) is 22.4 Å². The van der Waals surface area contributed by atoms with E-state index in [0.717, 1.165) is 11.3 Å². The van der Waals surface area contributed by atoms with Crippen molar-refractivity contribution in [3.05, 3.63) is 23.6 Å². The third-order valence-electron chi connectivity index (χ3n) is 1.72. The van der Waals surface area contributed by atoms with Crippen molar-refractivity contribution < 1.29 is 4.42 Å². The summed E-state index contributed by atoms with van der Waals surface area (Å²) in [4.78, 5) is 0. The second-order valence-electron chi connectivity index (χ2n) is 3.04. The third-order valence-corrected chi connectivity index (χ3v) is 1.72. The molecule has 1 heterocycles. The molecule has 0 bridgehead atoms. The molecular weight excluding hydrogens is 152 g/mol. The van der Waals surface area contributed by atoms with E-state index in [2.05, 4.69) is 0 Å². The van der Waals surface area contributed by atoms with Gasteiger partial charge in [0.25, 0.3) is 0 Å². The van der Waals surface area contributed by atoms with E-state index in [1.807, 2.05) is 19.9 Å². The average molecular weight is 166 g/mol. The first-order valence-electron chi connectivity index (χ1n) is 3.91. The van der Waals surface area contributed by atoms with Crippen molar-refractivity contribution in [2.24, 2.45) is 11.7 Å². The lowest BCUT2D eigenvalue weighted by Gasteiger charge is -2.03. The Labute approximate surface area is 72.0 Å². The minimum absolute atomic E-state index is 0.333. The van der Waals surface area contributed by atoms with Gasteiger partial charge in [-0.3, -0.25) is 0 Å². The highest BCUT2D eigenvalue weighted by Crippen LogP contribution is 2.17. The maximum Gasteiger partial charge on any atom is 0.197 e. The van der Waals surface area contributed by atoms with E-state index in [0.29, 0.717) is 11.8 Å². The first kappa shape index (κ1) is 8.71. The Morgan fingerprint density at radius 2 is 2.25 bits per heavy atom. The molecule has 0 saturated heterocycles. The van der Waals surface area contributed by atoms with Gasteiger partial charge in [-0.15, -0.1) is 0 Å². The molecule has 0 fully saturated rings. The Balaban J connectivity index is 2.87. The molecule has 4 N–H and O–H groups in total. The minimum atomic E-state index is 0.333. The summed E-state index contributed by atoms with van der Waals surface area (Å²) in [6.45, 7) is 4.06. The Bertz CT molecular complexity index is 286. The lowest BCUT2D eigenvalue weighted by Crippen LogP contribution is -2.04. The zero-order chi connectivity index (χ0) is 9.14. The van der Waals surface area contributed by atoms with E-state index >= 15 is 0 Å². The molecule has 0 aliphatic carbocycles. The molecule has 0 saturated carbocycles. The van der Waals surface area contributed by atoms with Crippen molar-refractivity contribution in [3.8, 4) is 0 Å². The first-order chi connectivity index (χ1) is 5.61. The fourth-order valence-electron chi connectivity index (χ4n) is 0.796. The van der Waals surface area contributed by atoms with Gasteiger partial charge in [0.05, 0.1) is 6.26 Å². The Morgan fingerprint density at radius 1 is 1.58 bits per heavy atom. The number of rotatable bonds is 2. The summed E-state index contributed by atoms with van der Waals surface area (Å²) in [6.07, 6.45) is 3.39. The first-order valence-corrected chi connectivity index (χ1v) is 3.91. The molecule has 0 spiro atoms. The van der Waals surface area contributed by atoms with Crippen LogP contribution in [0.3, 0.4) is 0 Å². The predicted molar refractivity (Wildman–Crippen MR) is 50.1 cm³/mol. The van der Waals surface area contributed by atoms with Gasteiger partial charge in [0.2, 0.25) is 0 Å². The van der Waals surface area contributed by atoms with Crippen LogP contribution >= 0.6 is 0 Å². The summed E-state index contributed by atoms with van der Waals surface area (Å²) in [5.41, 5.74) is 12.9. The molecule has 0 aliphatic rings. The molecule has 3 heteroatoms. The molecule has 12 heavy (non-hydrogen) atoms. The van der Waals surface area contributed by atoms with Gasteiger partial charge in [0.15, 0.2) is 5.88 Å². The highest BCUT2D eigenvalue weighted by molar-refractivity contribution is 5.61. The zero-order valence-corrected chi connectivity index (χ0v) is 7.37. The topological polar surface area (TPSA) is 65.2 Å². The molecule has 0 aromatic carbocycles. The molecule has 1 rings (SSSR count). The molecule has 1 aromatic heterocycles. The number of furan rings is 1. The van der Waals surface area contributed by atoms with Crippen LogP contribution in [0.5, 0.6) is 0 Å². The van der Waals surface area contributed by atoms with Gasteiger partial charge in [-0.25, -0.2) is 0 Å². The molecule has 1 aromatic rings. The Kier molecular flexibility index (Phi) is 2.43. The fourth-order valence-corrected chi connectivity index (χ4v) is 0.796. The highest BCUT2D eigenvalue weighted by atomic mass is 16.3. The second kappa shape index (κ2) is 3.34. The van der Waals surface area contributed by atoms with E-state index in [9.17, 15) is 0 Å². The van der Waals surface area contributed by atoms with Crippen LogP contribution in [0.1, 0.15) is 19.4 Å². The molecule has 0 radical (unpaired) electrons. The van der Waals surface area contributed by atoms with E-state index in [4.69, 9.17) is 15.9 Å². The van der Waals surface area contributed by atoms with E-state index < -0.39 is 0 Å². The van der Waals surface area contributed by atoms with Gasteiger partial charge in [-0.2, -0.15) is 0 Å². The number of anilines is 1. The van der Waals surface area contributed by atoms with Crippen LogP contribution in [0.25, 0.3) is 6.08 Å². The van der Waals surface area contributed by atoms with Crippen LogP contribution < -0.4 is 11.5 Å². The molecule has 0 amide bonds. The van der Waals surface area contributed by atoms with Gasteiger partial charge >= 0.3 is 0 Å². The van der Waals surface area contributed by atoms with Crippen LogP contribution in [-0.4, -0.2) is 0 Å². The third kappa shape index (κ3) is 1.81. The number of nitrogen functional groups attached to an aromatic ring is 1. The lowest BCUT2D eigenvalue weighted by atomic mass is 10.1. The van der Waals surface area contributed by atoms with Crippen molar-refractivity contribution >= 4 is 12.0 Å². The smallest absolute Gasteiger partial charge is 0.197 e. The average Bonchev–Trinajstić information content (AvgIpc) is 2.36. The molecule has 0 atom stereocenters. The molecular formula is C9H14N2O. The number of allylic oxidation sites excluding steroid dienone is 1. The van der Waals surface area contributed by atoms with E-state index in [1.165, 1.54) is 0 Å². The fraction of sp³-hybridized carbons (Fsp3) is 0.333. The van der Waals surface area contributed by atoms with Crippen LogP contribution in [-0.2, 0) is 0 Å². The maximum atomic E-state index is 5.74. The van der Waals surface area contributed by atoms with Crippen LogP contribution in [0.4, 0.5) is 5.88 Å². The van der Waals surface area contributed by atoms with Gasteiger partial charge in [0.1, 0.15) is 0 Å². The summed E-state index contributed by atoms with van der Waals surface area (Å²) in [6, 6.07) is 1.80. The van der Waals surface area contributed by atoms with Crippen molar-refractivity contribution in [2.75, 3.05) is 5.73 Å². The van der Waals surface area contributed by atoms with Crippen LogP contribution in [0, 0.1) is 5.92 Å². The largest absolute Gasteiger partial charge is 0.449 e. The SMILES string of the molecule is CC(C)/C(N)=C/c1ccoc1N. The summed E-state index contributed by atoms with van der Waals surface area (Å²) in [7, 11) is 0. The summed E-state index contributed by atoms with van der Waals surface area (Å²) in [5, 5.41) is 0. The van der Waals surface area contributed by atoms with Crippen molar-refractivity contribution in [2.45, 2.75) is 13.8 Å². The van der Waals surface area contributed by atoms with Crippen molar-refractivity contribution in [3.63, 3.8) is 0 Å². The number of hydrogen-bond acceptors (Lipinski definition) is 3. The van der Waals surface area contributed by atoms with Crippen molar-refractivity contribution in [1.29, 1.82) is 0 Å². The quantitative estimate of drug-likeness (QED) is 0.704. The molecule has 66 valence electrons. The van der Waals surface area contributed by atoms with Gasteiger partial charge in [-0.05, 0) is 18.1 Å². The van der Waals surface area contributed by atoms with Gasteiger partial charge < -0.3 is 15.9 Å². The second-order valence-corrected chi connectivity index (χ2v) is 3.04. The normalized spacial score (nSPS) is 12.4. The molecule has 0 unspecified atom stereocenters. The Morgan fingerprint density at radius 3 is 2.67 bits per heavy atom. The zero-order valence-electron chi connectivity index (χ0n) is 7.37.